The van der Waals surface area contributed by atoms with E-state index in [-0.39, 0.29) is 17.0 Å². The molecule has 3 aliphatic rings. The number of fused-ring (bicyclic) bond motifs is 3. The second-order valence-electron chi connectivity index (χ2n) is 11.0. The minimum absolute atomic E-state index is 0.0743. The number of alkyl halides is 3. The standard InChI is InChI=1S/C28H31ClF3N5/c1-17-12-21(13-17)37-16-33-24-15-20(35-26(25(24)37)28(30,31)32)4-3-9-36-10-7-27(8-11-36)18(2)34-23-6-5-19(29)14-22(23)27/h5-6,14-17,21,34H,2-4,7-13H2,1H3. The van der Waals surface area contributed by atoms with E-state index in [0.29, 0.717) is 23.5 Å². The second-order valence-corrected chi connectivity index (χ2v) is 11.5. The molecule has 2 aliphatic heterocycles. The van der Waals surface area contributed by atoms with Crippen LogP contribution >= 0.6 is 11.6 Å². The Bertz CT molecular complexity index is 1350. The number of anilines is 1. The van der Waals surface area contributed by atoms with Gasteiger partial charge in [-0.25, -0.2) is 9.97 Å². The minimum atomic E-state index is -4.51. The molecule has 1 saturated heterocycles. The lowest BCUT2D eigenvalue weighted by molar-refractivity contribution is -0.140. The van der Waals surface area contributed by atoms with Gasteiger partial charge in [0, 0.05) is 33.6 Å². The summed E-state index contributed by atoms with van der Waals surface area (Å²) in [6.07, 6.45) is 1.90. The lowest BCUT2D eigenvalue weighted by atomic mass is 9.72. The first-order valence-corrected chi connectivity index (χ1v) is 13.4. The van der Waals surface area contributed by atoms with Gasteiger partial charge in [0.05, 0.1) is 17.4 Å². The number of aryl methyl sites for hydroxylation is 1. The number of allylic oxidation sites excluding steroid dienone is 1. The summed E-state index contributed by atoms with van der Waals surface area (Å²) < 4.78 is 43.7. The van der Waals surface area contributed by atoms with Gasteiger partial charge < -0.3 is 14.8 Å². The molecule has 37 heavy (non-hydrogen) atoms. The summed E-state index contributed by atoms with van der Waals surface area (Å²) in [7, 11) is 0. The van der Waals surface area contributed by atoms with Crippen LogP contribution in [-0.4, -0.2) is 39.1 Å². The Hall–Kier alpha value is -2.58. The Balaban J connectivity index is 1.12. The predicted molar refractivity (Wildman–Crippen MR) is 140 cm³/mol. The summed E-state index contributed by atoms with van der Waals surface area (Å²) in [5.74, 6) is 0.532. The Morgan fingerprint density at radius 2 is 1.95 bits per heavy atom. The fourth-order valence-corrected chi connectivity index (χ4v) is 6.65. The lowest BCUT2D eigenvalue weighted by Crippen LogP contribution is -2.43. The Morgan fingerprint density at radius 3 is 2.65 bits per heavy atom. The highest BCUT2D eigenvalue weighted by Gasteiger charge is 2.44. The average molecular weight is 530 g/mol. The highest BCUT2D eigenvalue weighted by molar-refractivity contribution is 6.30. The van der Waals surface area contributed by atoms with E-state index in [1.165, 1.54) is 5.56 Å². The normalized spacial score (nSPS) is 23.3. The van der Waals surface area contributed by atoms with Gasteiger partial charge in [0.25, 0.3) is 0 Å². The van der Waals surface area contributed by atoms with Gasteiger partial charge in [-0.1, -0.05) is 25.1 Å². The summed E-state index contributed by atoms with van der Waals surface area (Å²) in [6, 6.07) is 7.76. The van der Waals surface area contributed by atoms with E-state index >= 15 is 0 Å². The largest absolute Gasteiger partial charge is 0.435 e. The van der Waals surface area contributed by atoms with Crippen LogP contribution < -0.4 is 5.32 Å². The SMILES string of the molecule is C=C1Nc2ccc(Cl)cc2C12CCN(CCCc1cc3ncn(C4CC(C)C4)c3c(C(F)(F)F)n1)CC2. The van der Waals surface area contributed by atoms with Crippen molar-refractivity contribution in [2.75, 3.05) is 25.0 Å². The lowest BCUT2D eigenvalue weighted by Gasteiger charge is -2.40. The van der Waals surface area contributed by atoms with Gasteiger partial charge in [0.15, 0.2) is 5.69 Å². The van der Waals surface area contributed by atoms with E-state index in [1.54, 1.807) is 17.0 Å². The van der Waals surface area contributed by atoms with Crippen LogP contribution in [0.5, 0.6) is 0 Å². The van der Waals surface area contributed by atoms with Gasteiger partial charge in [-0.05, 0) is 93.9 Å². The van der Waals surface area contributed by atoms with Gasteiger partial charge >= 0.3 is 6.18 Å². The molecule has 5 nitrogen and oxygen atoms in total. The molecule has 1 aromatic carbocycles. The van der Waals surface area contributed by atoms with Crippen molar-refractivity contribution in [1.29, 1.82) is 0 Å². The Labute approximate surface area is 219 Å². The third-order valence-corrected chi connectivity index (χ3v) is 8.83. The third kappa shape index (κ3) is 4.32. The number of nitrogens with one attached hydrogen (secondary N) is 1. The molecule has 0 amide bonds. The molecule has 4 heterocycles. The number of hydrogen-bond donors (Lipinski definition) is 1. The van der Waals surface area contributed by atoms with Crippen molar-refractivity contribution in [3.8, 4) is 0 Å². The van der Waals surface area contributed by atoms with Crippen molar-refractivity contribution in [2.45, 2.75) is 63.1 Å². The van der Waals surface area contributed by atoms with Crippen LogP contribution in [0.2, 0.25) is 5.02 Å². The van der Waals surface area contributed by atoms with E-state index in [9.17, 15) is 13.2 Å². The molecule has 0 unspecified atom stereocenters. The number of nitrogens with zero attached hydrogens (tertiary/aromatic N) is 4. The van der Waals surface area contributed by atoms with E-state index < -0.39 is 11.9 Å². The number of imidazole rings is 1. The molecule has 6 rings (SSSR count). The predicted octanol–water partition coefficient (Wildman–Crippen LogP) is 6.98. The maximum atomic E-state index is 14.0. The number of pyridine rings is 1. The maximum Gasteiger partial charge on any atom is 0.435 e. The molecule has 0 atom stereocenters. The highest BCUT2D eigenvalue weighted by atomic mass is 35.5. The number of rotatable bonds is 5. The van der Waals surface area contributed by atoms with E-state index in [4.69, 9.17) is 11.6 Å². The van der Waals surface area contributed by atoms with Crippen molar-refractivity contribution in [1.82, 2.24) is 19.4 Å². The van der Waals surface area contributed by atoms with Crippen LogP contribution in [0.4, 0.5) is 18.9 Å². The number of likely N-dealkylation sites (tertiary alicyclic amines) is 1. The van der Waals surface area contributed by atoms with E-state index in [2.05, 4.69) is 33.7 Å². The molecule has 1 aliphatic carbocycles. The smallest absolute Gasteiger partial charge is 0.358 e. The van der Waals surface area contributed by atoms with E-state index in [0.717, 1.165) is 68.1 Å². The summed E-state index contributed by atoms with van der Waals surface area (Å²) in [5.41, 5.74) is 3.39. The summed E-state index contributed by atoms with van der Waals surface area (Å²) in [4.78, 5) is 10.8. The zero-order valence-electron chi connectivity index (χ0n) is 20.9. The molecule has 9 heteroatoms. The molecule has 1 saturated carbocycles. The van der Waals surface area contributed by atoms with Crippen molar-refractivity contribution in [3.05, 3.63) is 64.8 Å². The first-order valence-electron chi connectivity index (χ1n) is 13.1. The van der Waals surface area contributed by atoms with Crippen LogP contribution in [0.25, 0.3) is 11.0 Å². The number of piperidine rings is 1. The molecular weight excluding hydrogens is 499 g/mol. The first kappa shape index (κ1) is 24.7. The Morgan fingerprint density at radius 1 is 1.19 bits per heavy atom. The fourth-order valence-electron chi connectivity index (χ4n) is 6.48. The molecule has 196 valence electrons. The van der Waals surface area contributed by atoms with Gasteiger partial charge in [-0.15, -0.1) is 0 Å². The molecule has 0 bridgehead atoms. The second kappa shape index (κ2) is 9.02. The van der Waals surface area contributed by atoms with Crippen molar-refractivity contribution >= 4 is 28.3 Å². The number of hydrogen-bond acceptors (Lipinski definition) is 4. The molecule has 2 aromatic heterocycles. The van der Waals surface area contributed by atoms with Crippen molar-refractivity contribution < 1.29 is 13.2 Å². The molecule has 3 aromatic rings. The number of halogens is 4. The van der Waals surface area contributed by atoms with Crippen LogP contribution in [-0.2, 0) is 18.0 Å². The van der Waals surface area contributed by atoms with Crippen LogP contribution in [0.3, 0.4) is 0 Å². The molecule has 1 spiro atoms. The van der Waals surface area contributed by atoms with Crippen LogP contribution in [0.15, 0.2) is 42.9 Å². The van der Waals surface area contributed by atoms with Gasteiger partial charge in [-0.3, -0.25) is 0 Å². The average Bonchev–Trinajstić information content (AvgIpc) is 3.36. The Kier molecular flexibility index (Phi) is 6.03. The van der Waals surface area contributed by atoms with E-state index in [1.807, 2.05) is 18.2 Å². The maximum absolute atomic E-state index is 14.0. The summed E-state index contributed by atoms with van der Waals surface area (Å²) >= 11 is 6.29. The third-order valence-electron chi connectivity index (χ3n) is 8.59. The zero-order valence-corrected chi connectivity index (χ0v) is 21.7. The monoisotopic (exact) mass is 529 g/mol. The molecule has 0 radical (unpaired) electrons. The summed E-state index contributed by atoms with van der Waals surface area (Å²) in [6.45, 7) is 9.03. The summed E-state index contributed by atoms with van der Waals surface area (Å²) in [5, 5.41) is 4.16. The quantitative estimate of drug-likeness (QED) is 0.387. The topological polar surface area (TPSA) is 46.0 Å². The molecule has 1 N–H and O–H groups in total. The first-order chi connectivity index (χ1) is 17.6. The van der Waals surface area contributed by atoms with Crippen molar-refractivity contribution in [3.63, 3.8) is 0 Å². The van der Waals surface area contributed by atoms with Crippen LogP contribution in [0.1, 0.15) is 62.0 Å². The fraction of sp³-hybridized carbons (Fsp3) is 0.500. The zero-order chi connectivity index (χ0) is 25.9. The number of benzene rings is 1. The minimum Gasteiger partial charge on any atom is -0.358 e. The van der Waals surface area contributed by atoms with Gasteiger partial charge in [0.1, 0.15) is 0 Å². The van der Waals surface area contributed by atoms with Crippen molar-refractivity contribution in [2.24, 2.45) is 5.92 Å². The van der Waals surface area contributed by atoms with Gasteiger partial charge in [-0.2, -0.15) is 13.2 Å². The number of aromatic nitrogens is 3. The molecule has 2 fully saturated rings. The molecular formula is C28H31ClF3N5. The highest BCUT2D eigenvalue weighted by Crippen LogP contribution is 2.50. The van der Waals surface area contributed by atoms with Gasteiger partial charge in [0.2, 0.25) is 0 Å². The van der Waals surface area contributed by atoms with Crippen LogP contribution in [0, 0.1) is 5.92 Å².